The maximum atomic E-state index is 13.3. The summed E-state index contributed by atoms with van der Waals surface area (Å²) in [5.41, 5.74) is -0.579. The standard InChI is InChI=1S/C23H28F6N8O/c1-33-17(16(8-31-33)22(24,25)26)9-34-4-2-20(3-5-34)10-35(11-20)19(38)36-12-21(13-36)6-15(7-21)37-14-30-18(32-37)23(27,28)29/h8,14-15H,2-7,9-13H2,1H3. The fraction of sp³-hybridized carbons (Fsp3) is 0.739. The maximum absolute atomic E-state index is 13.3. The fourth-order valence-corrected chi connectivity index (χ4v) is 6.56. The van der Waals surface area contributed by atoms with Crippen LogP contribution in [0.25, 0.3) is 0 Å². The molecule has 0 unspecified atom stereocenters. The molecule has 3 aliphatic heterocycles. The molecule has 1 saturated carbocycles. The molecule has 2 aromatic heterocycles. The van der Waals surface area contributed by atoms with E-state index in [1.807, 2.05) is 9.80 Å². The Balaban J connectivity index is 0.946. The van der Waals surface area contributed by atoms with Crippen LogP contribution < -0.4 is 0 Å². The van der Waals surface area contributed by atoms with Gasteiger partial charge in [-0.25, -0.2) is 14.5 Å². The van der Waals surface area contributed by atoms with Crippen molar-refractivity contribution in [3.05, 3.63) is 29.6 Å². The number of likely N-dealkylation sites (tertiary alicyclic amines) is 3. The van der Waals surface area contributed by atoms with Gasteiger partial charge in [-0.3, -0.25) is 9.58 Å². The first kappa shape index (κ1) is 25.4. The van der Waals surface area contributed by atoms with Crippen LogP contribution in [0.5, 0.6) is 0 Å². The first-order chi connectivity index (χ1) is 17.8. The average Bonchev–Trinajstić information content (AvgIpc) is 3.38. The molecule has 2 aromatic rings. The van der Waals surface area contributed by atoms with Crippen LogP contribution in [0.1, 0.15) is 48.8 Å². The number of urea groups is 1. The van der Waals surface area contributed by atoms with E-state index in [4.69, 9.17) is 0 Å². The predicted octanol–water partition coefficient (Wildman–Crippen LogP) is 3.40. The smallest absolute Gasteiger partial charge is 0.323 e. The molecular formula is C23H28F6N8O. The van der Waals surface area contributed by atoms with Crippen LogP contribution in [-0.2, 0) is 25.9 Å². The Bertz CT molecular complexity index is 1210. The van der Waals surface area contributed by atoms with Crippen molar-refractivity contribution in [2.45, 2.75) is 50.6 Å². The summed E-state index contributed by atoms with van der Waals surface area (Å²) in [5, 5.41) is 7.35. The molecule has 4 fully saturated rings. The van der Waals surface area contributed by atoms with Gasteiger partial charge in [0.15, 0.2) is 0 Å². The van der Waals surface area contributed by atoms with Gasteiger partial charge in [-0.2, -0.15) is 31.4 Å². The van der Waals surface area contributed by atoms with Gasteiger partial charge < -0.3 is 9.80 Å². The number of aryl methyl sites for hydroxylation is 1. The van der Waals surface area contributed by atoms with Crippen molar-refractivity contribution in [2.75, 3.05) is 39.3 Å². The highest BCUT2D eigenvalue weighted by Gasteiger charge is 2.57. The molecule has 38 heavy (non-hydrogen) atoms. The first-order valence-electron chi connectivity index (χ1n) is 12.6. The molecule has 0 N–H and O–H groups in total. The topological polar surface area (TPSA) is 75.3 Å². The summed E-state index contributed by atoms with van der Waals surface area (Å²) in [6.07, 6.45) is -4.02. The van der Waals surface area contributed by atoms with Gasteiger partial charge in [0.05, 0.1) is 23.5 Å². The molecule has 4 aliphatic rings. The highest BCUT2D eigenvalue weighted by atomic mass is 19.4. The van der Waals surface area contributed by atoms with Gasteiger partial charge >= 0.3 is 18.4 Å². The van der Waals surface area contributed by atoms with Gasteiger partial charge in [-0.15, -0.1) is 5.10 Å². The Kier molecular flexibility index (Phi) is 5.57. The van der Waals surface area contributed by atoms with E-state index in [1.54, 1.807) is 4.90 Å². The fourth-order valence-electron chi connectivity index (χ4n) is 6.56. The molecule has 0 aromatic carbocycles. The molecule has 5 heterocycles. The zero-order valence-corrected chi connectivity index (χ0v) is 20.8. The number of alkyl halides is 6. The number of aromatic nitrogens is 5. The minimum absolute atomic E-state index is 0.0128. The van der Waals surface area contributed by atoms with Crippen LogP contribution in [0, 0.1) is 10.8 Å². The van der Waals surface area contributed by atoms with Crippen LogP contribution in [0.15, 0.2) is 12.5 Å². The second-order valence-corrected chi connectivity index (χ2v) is 11.5. The number of carbonyl (C=O) groups is 1. The molecule has 15 heteroatoms. The number of rotatable bonds is 3. The van der Waals surface area contributed by atoms with E-state index in [0.717, 1.165) is 25.4 Å². The van der Waals surface area contributed by atoms with Crippen molar-refractivity contribution in [2.24, 2.45) is 17.9 Å². The van der Waals surface area contributed by atoms with E-state index in [9.17, 15) is 31.1 Å². The molecule has 9 nitrogen and oxygen atoms in total. The molecule has 208 valence electrons. The molecular weight excluding hydrogens is 518 g/mol. The molecule has 2 amide bonds. The predicted molar refractivity (Wildman–Crippen MR) is 119 cm³/mol. The van der Waals surface area contributed by atoms with Gasteiger partial charge in [0, 0.05) is 50.6 Å². The summed E-state index contributed by atoms with van der Waals surface area (Å²) in [4.78, 5) is 21.9. The monoisotopic (exact) mass is 546 g/mol. The van der Waals surface area contributed by atoms with E-state index >= 15 is 0 Å². The largest absolute Gasteiger partial charge is 0.453 e. The van der Waals surface area contributed by atoms with Crippen molar-refractivity contribution in [3.63, 3.8) is 0 Å². The lowest BCUT2D eigenvalue weighted by atomic mass is 9.60. The highest BCUT2D eigenvalue weighted by Crippen LogP contribution is 2.54. The van der Waals surface area contributed by atoms with E-state index < -0.39 is 23.7 Å². The third-order valence-corrected chi connectivity index (χ3v) is 8.78. The zero-order valence-electron chi connectivity index (χ0n) is 20.8. The molecule has 3 saturated heterocycles. The van der Waals surface area contributed by atoms with Crippen LogP contribution in [0.2, 0.25) is 0 Å². The van der Waals surface area contributed by atoms with Gasteiger partial charge in [-0.1, -0.05) is 0 Å². The summed E-state index contributed by atoms with van der Waals surface area (Å²) in [6, 6.07) is -0.149. The number of halogens is 6. The number of hydrogen-bond donors (Lipinski definition) is 0. The quantitative estimate of drug-likeness (QED) is 0.552. The summed E-state index contributed by atoms with van der Waals surface area (Å²) in [6.45, 7) is 3.98. The van der Waals surface area contributed by atoms with Crippen molar-refractivity contribution in [1.29, 1.82) is 0 Å². The van der Waals surface area contributed by atoms with Gasteiger partial charge in [0.1, 0.15) is 6.33 Å². The van der Waals surface area contributed by atoms with Crippen LogP contribution in [0.4, 0.5) is 31.1 Å². The Hall–Kier alpha value is -2.84. The Morgan fingerprint density at radius 1 is 0.974 bits per heavy atom. The Morgan fingerprint density at radius 3 is 2.13 bits per heavy atom. The SMILES string of the molecule is Cn1ncc(C(F)(F)F)c1CN1CCC2(CC1)CN(C(=O)N1CC3(CC(n4cnc(C(F)(F)F)n4)C3)C1)C2. The minimum atomic E-state index is -4.56. The Labute approximate surface area is 214 Å². The lowest BCUT2D eigenvalue weighted by molar-refractivity contribution is -0.145. The Morgan fingerprint density at radius 2 is 1.58 bits per heavy atom. The van der Waals surface area contributed by atoms with Crippen molar-refractivity contribution in [3.8, 4) is 0 Å². The van der Waals surface area contributed by atoms with E-state index in [-0.39, 0.29) is 35.1 Å². The maximum Gasteiger partial charge on any atom is 0.453 e. The van der Waals surface area contributed by atoms with Gasteiger partial charge in [-0.05, 0) is 38.8 Å². The van der Waals surface area contributed by atoms with E-state index in [2.05, 4.69) is 15.2 Å². The molecule has 1 aliphatic carbocycles. The van der Waals surface area contributed by atoms with Crippen LogP contribution in [0.3, 0.4) is 0 Å². The van der Waals surface area contributed by atoms with E-state index in [1.165, 1.54) is 16.4 Å². The number of piperidine rings is 1. The first-order valence-corrected chi connectivity index (χ1v) is 12.6. The molecule has 0 atom stereocenters. The van der Waals surface area contributed by atoms with E-state index in [0.29, 0.717) is 52.1 Å². The average molecular weight is 547 g/mol. The zero-order chi connectivity index (χ0) is 27.1. The lowest BCUT2D eigenvalue weighted by Crippen LogP contribution is -2.70. The number of hydrogen-bond acceptors (Lipinski definition) is 5. The molecule has 0 radical (unpaired) electrons. The molecule has 0 bridgehead atoms. The number of nitrogens with zero attached hydrogens (tertiary/aromatic N) is 8. The summed E-state index contributed by atoms with van der Waals surface area (Å²) in [5.74, 6) is -1.13. The van der Waals surface area contributed by atoms with Crippen LogP contribution >= 0.6 is 0 Å². The second kappa shape index (κ2) is 8.33. The van der Waals surface area contributed by atoms with Gasteiger partial charge in [0.2, 0.25) is 0 Å². The highest BCUT2D eigenvalue weighted by molar-refractivity contribution is 5.76. The second-order valence-electron chi connectivity index (χ2n) is 11.5. The third kappa shape index (κ3) is 4.31. The number of amides is 2. The van der Waals surface area contributed by atoms with Crippen molar-refractivity contribution < 1.29 is 31.1 Å². The summed E-state index contributed by atoms with van der Waals surface area (Å²) < 4.78 is 80.6. The summed E-state index contributed by atoms with van der Waals surface area (Å²) in [7, 11) is 1.52. The summed E-state index contributed by atoms with van der Waals surface area (Å²) >= 11 is 0. The van der Waals surface area contributed by atoms with Crippen molar-refractivity contribution in [1.82, 2.24) is 39.2 Å². The third-order valence-electron chi connectivity index (χ3n) is 8.78. The normalized spacial score (nSPS) is 23.4. The lowest BCUT2D eigenvalue weighted by Gasteiger charge is -2.61. The molecule has 6 rings (SSSR count). The van der Waals surface area contributed by atoms with Gasteiger partial charge in [0.25, 0.3) is 5.82 Å². The molecule has 2 spiro atoms. The number of carbonyl (C=O) groups excluding carboxylic acids is 1. The minimum Gasteiger partial charge on any atom is -0.323 e. The van der Waals surface area contributed by atoms with Crippen LogP contribution in [-0.4, -0.2) is 84.5 Å². The van der Waals surface area contributed by atoms with Crippen molar-refractivity contribution >= 4 is 6.03 Å².